The maximum absolute atomic E-state index is 13.4. The minimum Gasteiger partial charge on any atom is -0.497 e. The van der Waals surface area contributed by atoms with Crippen LogP contribution in [0.5, 0.6) is 11.5 Å². The summed E-state index contributed by atoms with van der Waals surface area (Å²) in [6.45, 7) is 0.0448. The lowest BCUT2D eigenvalue weighted by atomic mass is 10.1. The molecular weight excluding hydrogens is 412 g/mol. The van der Waals surface area contributed by atoms with Gasteiger partial charge >= 0.3 is 0 Å². The molecule has 32 heavy (non-hydrogen) atoms. The number of methoxy groups -OCH3 is 2. The van der Waals surface area contributed by atoms with Crippen molar-refractivity contribution in [2.75, 3.05) is 19.1 Å². The van der Waals surface area contributed by atoms with E-state index in [1.165, 1.54) is 25.4 Å². The minimum atomic E-state index is -0.964. The fourth-order valence-electron chi connectivity index (χ4n) is 3.68. The molecule has 1 aromatic heterocycles. The standard InChI is InChI=1S/C24H22N2O6/c1-30-18-10-8-17(9-11-18)26-22(27)14-21(24(26)29)25(15-20-7-4-12-32-20)23(28)16-5-3-6-19(13-16)31-2/h3-13,21H,14-15H2,1-2H3. The Labute approximate surface area is 184 Å². The molecule has 1 atom stereocenters. The van der Waals surface area contributed by atoms with E-state index in [0.717, 1.165) is 4.90 Å². The molecule has 1 saturated heterocycles. The van der Waals surface area contributed by atoms with Crippen molar-refractivity contribution in [3.05, 3.63) is 78.3 Å². The van der Waals surface area contributed by atoms with Gasteiger partial charge in [0.2, 0.25) is 5.91 Å². The Morgan fingerprint density at radius 3 is 2.44 bits per heavy atom. The van der Waals surface area contributed by atoms with E-state index in [4.69, 9.17) is 13.9 Å². The van der Waals surface area contributed by atoms with Crippen LogP contribution in [0.25, 0.3) is 0 Å². The zero-order valence-electron chi connectivity index (χ0n) is 17.7. The summed E-state index contributed by atoms with van der Waals surface area (Å²) in [6, 6.07) is 15.7. The van der Waals surface area contributed by atoms with Crippen molar-refractivity contribution in [3.63, 3.8) is 0 Å². The fourth-order valence-corrected chi connectivity index (χ4v) is 3.68. The summed E-state index contributed by atoms with van der Waals surface area (Å²) in [5.41, 5.74) is 0.772. The van der Waals surface area contributed by atoms with Gasteiger partial charge in [-0.15, -0.1) is 0 Å². The van der Waals surface area contributed by atoms with Gasteiger partial charge in [0.1, 0.15) is 23.3 Å². The second-order valence-corrected chi connectivity index (χ2v) is 7.23. The molecule has 2 aromatic carbocycles. The quantitative estimate of drug-likeness (QED) is 0.530. The highest BCUT2D eigenvalue weighted by molar-refractivity contribution is 6.23. The summed E-state index contributed by atoms with van der Waals surface area (Å²) in [4.78, 5) is 42.1. The molecule has 2 heterocycles. The van der Waals surface area contributed by atoms with E-state index in [1.807, 2.05) is 0 Å². The highest BCUT2D eigenvalue weighted by Crippen LogP contribution is 2.29. The molecular formula is C24H22N2O6. The van der Waals surface area contributed by atoms with E-state index < -0.39 is 17.9 Å². The van der Waals surface area contributed by atoms with Gasteiger partial charge in [0.15, 0.2) is 0 Å². The number of hydrogen-bond donors (Lipinski definition) is 0. The Kier molecular flexibility index (Phi) is 5.93. The van der Waals surface area contributed by atoms with Gasteiger partial charge in [-0.3, -0.25) is 14.4 Å². The van der Waals surface area contributed by atoms with E-state index in [9.17, 15) is 14.4 Å². The molecule has 8 nitrogen and oxygen atoms in total. The molecule has 3 aromatic rings. The SMILES string of the molecule is COc1ccc(N2C(=O)CC(N(Cc3ccco3)C(=O)c3cccc(OC)c3)C2=O)cc1. The first-order valence-corrected chi connectivity index (χ1v) is 10.00. The van der Waals surface area contributed by atoms with Crippen LogP contribution in [0.2, 0.25) is 0 Å². The van der Waals surface area contributed by atoms with Crippen LogP contribution in [0, 0.1) is 0 Å². The lowest BCUT2D eigenvalue weighted by molar-refractivity contribution is -0.122. The number of carbonyl (C=O) groups is 3. The fraction of sp³-hybridized carbons (Fsp3) is 0.208. The van der Waals surface area contributed by atoms with Gasteiger partial charge in [0.05, 0.1) is 39.1 Å². The van der Waals surface area contributed by atoms with Gasteiger partial charge in [-0.25, -0.2) is 4.90 Å². The number of hydrogen-bond acceptors (Lipinski definition) is 6. The van der Waals surface area contributed by atoms with E-state index in [1.54, 1.807) is 60.7 Å². The zero-order valence-corrected chi connectivity index (χ0v) is 17.7. The number of rotatable bonds is 7. The van der Waals surface area contributed by atoms with Crippen LogP contribution in [0.1, 0.15) is 22.5 Å². The number of furan rings is 1. The molecule has 1 fully saturated rings. The third kappa shape index (κ3) is 4.07. The van der Waals surface area contributed by atoms with Gasteiger partial charge in [-0.2, -0.15) is 0 Å². The first-order valence-electron chi connectivity index (χ1n) is 10.00. The van der Waals surface area contributed by atoms with E-state index in [0.29, 0.717) is 28.5 Å². The molecule has 1 aliphatic rings. The molecule has 0 aliphatic carbocycles. The molecule has 4 rings (SSSR count). The van der Waals surface area contributed by atoms with Crippen LogP contribution < -0.4 is 14.4 Å². The van der Waals surface area contributed by atoms with E-state index >= 15 is 0 Å². The number of nitrogens with zero attached hydrogens (tertiary/aromatic N) is 2. The van der Waals surface area contributed by atoms with Gasteiger partial charge < -0.3 is 18.8 Å². The Balaban J connectivity index is 1.66. The predicted molar refractivity (Wildman–Crippen MR) is 115 cm³/mol. The van der Waals surface area contributed by atoms with Crippen molar-refractivity contribution in [2.24, 2.45) is 0 Å². The van der Waals surface area contributed by atoms with Gasteiger partial charge in [-0.05, 0) is 54.6 Å². The molecule has 3 amide bonds. The highest BCUT2D eigenvalue weighted by Gasteiger charge is 2.44. The second kappa shape index (κ2) is 8.97. The number of imide groups is 1. The third-order valence-electron chi connectivity index (χ3n) is 5.31. The molecule has 1 unspecified atom stereocenters. The lowest BCUT2D eigenvalue weighted by Crippen LogP contribution is -2.45. The van der Waals surface area contributed by atoms with Crippen LogP contribution in [0.15, 0.2) is 71.3 Å². The van der Waals surface area contributed by atoms with E-state index in [-0.39, 0.29) is 18.9 Å². The number of amides is 3. The van der Waals surface area contributed by atoms with Crippen LogP contribution in [-0.4, -0.2) is 42.9 Å². The van der Waals surface area contributed by atoms with Crippen molar-refractivity contribution in [3.8, 4) is 11.5 Å². The number of benzene rings is 2. The third-order valence-corrected chi connectivity index (χ3v) is 5.31. The van der Waals surface area contributed by atoms with Gasteiger partial charge in [-0.1, -0.05) is 6.07 Å². The normalized spacial score (nSPS) is 15.7. The van der Waals surface area contributed by atoms with Crippen LogP contribution in [0.3, 0.4) is 0 Å². The highest BCUT2D eigenvalue weighted by atomic mass is 16.5. The topological polar surface area (TPSA) is 89.3 Å². The lowest BCUT2D eigenvalue weighted by Gasteiger charge is -2.27. The van der Waals surface area contributed by atoms with Crippen LogP contribution >= 0.6 is 0 Å². The number of carbonyl (C=O) groups excluding carboxylic acids is 3. The largest absolute Gasteiger partial charge is 0.497 e. The second-order valence-electron chi connectivity index (χ2n) is 7.23. The number of ether oxygens (including phenoxy) is 2. The van der Waals surface area contributed by atoms with Crippen molar-refractivity contribution in [1.82, 2.24) is 4.90 Å². The minimum absolute atomic E-state index is 0.0448. The Bertz CT molecular complexity index is 1120. The Morgan fingerprint density at radius 1 is 1.03 bits per heavy atom. The molecule has 0 radical (unpaired) electrons. The van der Waals surface area contributed by atoms with Crippen LogP contribution in [0.4, 0.5) is 5.69 Å². The molecule has 0 saturated carbocycles. The summed E-state index contributed by atoms with van der Waals surface area (Å²) >= 11 is 0. The smallest absolute Gasteiger partial charge is 0.257 e. The summed E-state index contributed by atoms with van der Waals surface area (Å²) in [7, 11) is 3.05. The van der Waals surface area contributed by atoms with Crippen molar-refractivity contribution in [2.45, 2.75) is 19.0 Å². The first-order chi connectivity index (χ1) is 15.5. The first kappa shape index (κ1) is 21.2. The zero-order chi connectivity index (χ0) is 22.7. The van der Waals surface area contributed by atoms with Gasteiger partial charge in [0, 0.05) is 5.56 Å². The van der Waals surface area contributed by atoms with Crippen molar-refractivity contribution in [1.29, 1.82) is 0 Å². The average molecular weight is 434 g/mol. The van der Waals surface area contributed by atoms with Gasteiger partial charge in [0.25, 0.3) is 11.8 Å². The molecule has 0 bridgehead atoms. The van der Waals surface area contributed by atoms with Crippen molar-refractivity contribution < 1.29 is 28.3 Å². The molecule has 0 spiro atoms. The summed E-state index contributed by atoms with van der Waals surface area (Å²) in [6.07, 6.45) is 1.37. The predicted octanol–water partition coefficient (Wildman–Crippen LogP) is 3.27. The molecule has 164 valence electrons. The molecule has 1 aliphatic heterocycles. The van der Waals surface area contributed by atoms with Crippen molar-refractivity contribution >= 4 is 23.4 Å². The monoisotopic (exact) mass is 434 g/mol. The maximum Gasteiger partial charge on any atom is 0.257 e. The summed E-state index contributed by atoms with van der Waals surface area (Å²) < 4.78 is 15.8. The summed E-state index contributed by atoms with van der Waals surface area (Å²) in [5, 5.41) is 0. The van der Waals surface area contributed by atoms with E-state index in [2.05, 4.69) is 0 Å². The molecule has 0 N–H and O–H groups in total. The summed E-state index contributed by atoms with van der Waals surface area (Å²) in [5.74, 6) is 0.378. The Morgan fingerprint density at radius 2 is 1.78 bits per heavy atom. The number of anilines is 1. The Hall–Kier alpha value is -4.07. The average Bonchev–Trinajstić information content (AvgIpc) is 3.44. The maximum atomic E-state index is 13.4. The van der Waals surface area contributed by atoms with Crippen LogP contribution in [-0.2, 0) is 16.1 Å². The molecule has 8 heteroatoms.